The minimum absolute atomic E-state index is 0.0711. The summed E-state index contributed by atoms with van der Waals surface area (Å²) in [6.45, 7) is 5.07. The number of carbonyl (C=O) groups is 1. The molecule has 0 N–H and O–H groups in total. The fourth-order valence-electron chi connectivity index (χ4n) is 4.64. The molecule has 0 bridgehead atoms. The molecule has 0 saturated carbocycles. The number of hydrogen-bond donors (Lipinski definition) is 0. The zero-order chi connectivity index (χ0) is 22.2. The van der Waals surface area contributed by atoms with Gasteiger partial charge in [-0.25, -0.2) is 4.98 Å². The van der Waals surface area contributed by atoms with Gasteiger partial charge in [0.25, 0.3) is 5.56 Å². The Bertz CT molecular complexity index is 1380. The average molecular weight is 424 g/mol. The Morgan fingerprint density at radius 3 is 2.47 bits per heavy atom. The molecule has 0 radical (unpaired) electrons. The molecule has 0 fully saturated rings. The van der Waals surface area contributed by atoms with Crippen LogP contribution in [0.15, 0.2) is 77.6 Å². The minimum atomic E-state index is -0.347. The molecule has 0 saturated heterocycles. The van der Waals surface area contributed by atoms with Crippen LogP contribution in [-0.2, 0) is 17.8 Å². The molecule has 0 aliphatic carbocycles. The standard InChI is InChI=1S/C27H25N3O2/c1-3-29-24-14-13-18(2)15-21(24)22(27(29)32)16-25-28-23-12-8-7-11-20(23)26(31)30(25)17-19-9-5-4-6-10-19/h4-15,22H,3,16-17H2,1-2H3/t22-/m0/s1. The van der Waals surface area contributed by atoms with Gasteiger partial charge in [-0.1, -0.05) is 60.2 Å². The van der Waals surface area contributed by atoms with Crippen molar-refractivity contribution in [2.45, 2.75) is 32.7 Å². The van der Waals surface area contributed by atoms with E-state index in [4.69, 9.17) is 4.98 Å². The molecule has 5 nitrogen and oxygen atoms in total. The minimum Gasteiger partial charge on any atom is -0.312 e. The van der Waals surface area contributed by atoms with Crippen LogP contribution in [0.25, 0.3) is 10.9 Å². The smallest absolute Gasteiger partial charge is 0.261 e. The van der Waals surface area contributed by atoms with Gasteiger partial charge in [-0.2, -0.15) is 0 Å². The summed E-state index contributed by atoms with van der Waals surface area (Å²) in [4.78, 5) is 33.5. The van der Waals surface area contributed by atoms with Crippen molar-refractivity contribution in [2.24, 2.45) is 0 Å². The molecule has 5 heteroatoms. The monoisotopic (exact) mass is 423 g/mol. The lowest BCUT2D eigenvalue weighted by Crippen LogP contribution is -2.31. The number of likely N-dealkylation sites (N-methyl/N-ethyl adjacent to an activating group) is 1. The molecule has 2 heterocycles. The quantitative estimate of drug-likeness (QED) is 0.477. The zero-order valence-corrected chi connectivity index (χ0v) is 18.3. The van der Waals surface area contributed by atoms with Gasteiger partial charge in [-0.05, 0) is 43.2 Å². The number of aromatic nitrogens is 2. The number of anilines is 1. The maximum absolute atomic E-state index is 13.5. The van der Waals surface area contributed by atoms with Crippen molar-refractivity contribution in [3.63, 3.8) is 0 Å². The first-order chi connectivity index (χ1) is 15.6. The third-order valence-corrected chi connectivity index (χ3v) is 6.24. The number of nitrogens with zero attached hydrogens (tertiary/aromatic N) is 3. The first-order valence-electron chi connectivity index (χ1n) is 11.0. The molecule has 4 aromatic rings. The second-order valence-electron chi connectivity index (χ2n) is 8.32. The average Bonchev–Trinajstić information content (AvgIpc) is 3.07. The Morgan fingerprint density at radius 1 is 0.938 bits per heavy atom. The van der Waals surface area contributed by atoms with E-state index < -0.39 is 0 Å². The first kappa shape index (κ1) is 20.2. The predicted octanol–water partition coefficient (Wildman–Crippen LogP) is 4.45. The second kappa shape index (κ2) is 8.08. The molecule has 1 amide bonds. The van der Waals surface area contributed by atoms with E-state index in [1.807, 2.05) is 85.5 Å². The van der Waals surface area contributed by atoms with Crippen LogP contribution in [0.5, 0.6) is 0 Å². The summed E-state index contributed by atoms with van der Waals surface area (Å²) in [6.07, 6.45) is 0.388. The molecule has 1 aromatic heterocycles. The molecule has 5 rings (SSSR count). The molecule has 0 unspecified atom stereocenters. The molecule has 1 atom stereocenters. The SMILES string of the molecule is CCN1C(=O)[C@@H](Cc2nc3ccccc3c(=O)n2Cc2ccccc2)c2cc(C)ccc21. The van der Waals surface area contributed by atoms with E-state index in [9.17, 15) is 9.59 Å². The van der Waals surface area contributed by atoms with Crippen LogP contribution in [0.3, 0.4) is 0 Å². The van der Waals surface area contributed by atoms with Crippen molar-refractivity contribution in [1.29, 1.82) is 0 Å². The lowest BCUT2D eigenvalue weighted by atomic mass is 9.95. The Hall–Kier alpha value is -3.73. The Balaban J connectivity index is 1.64. The number of benzene rings is 3. The summed E-state index contributed by atoms with van der Waals surface area (Å²) in [6, 6.07) is 23.5. The number of para-hydroxylation sites is 1. The highest BCUT2D eigenvalue weighted by Crippen LogP contribution is 2.39. The third kappa shape index (κ3) is 3.40. The van der Waals surface area contributed by atoms with Gasteiger partial charge in [0.2, 0.25) is 5.91 Å². The number of carbonyl (C=O) groups excluding carboxylic acids is 1. The van der Waals surface area contributed by atoms with Crippen molar-refractivity contribution < 1.29 is 4.79 Å². The lowest BCUT2D eigenvalue weighted by Gasteiger charge is -2.17. The Kier molecular flexibility index (Phi) is 5.10. The van der Waals surface area contributed by atoms with Gasteiger partial charge >= 0.3 is 0 Å². The van der Waals surface area contributed by atoms with Crippen LogP contribution < -0.4 is 10.5 Å². The van der Waals surface area contributed by atoms with Gasteiger partial charge in [-0.3, -0.25) is 14.2 Å². The predicted molar refractivity (Wildman–Crippen MR) is 127 cm³/mol. The van der Waals surface area contributed by atoms with E-state index in [0.29, 0.717) is 36.2 Å². The molecular weight excluding hydrogens is 398 g/mol. The number of rotatable bonds is 5. The van der Waals surface area contributed by atoms with Crippen LogP contribution in [0, 0.1) is 6.92 Å². The summed E-state index contributed by atoms with van der Waals surface area (Å²) >= 11 is 0. The van der Waals surface area contributed by atoms with Gasteiger partial charge in [0.15, 0.2) is 0 Å². The highest BCUT2D eigenvalue weighted by atomic mass is 16.2. The summed E-state index contributed by atoms with van der Waals surface area (Å²) < 4.78 is 1.73. The van der Waals surface area contributed by atoms with Crippen LogP contribution in [-0.4, -0.2) is 22.0 Å². The van der Waals surface area contributed by atoms with Crippen molar-refractivity contribution in [3.8, 4) is 0 Å². The Labute approximate surface area is 187 Å². The Morgan fingerprint density at radius 2 is 1.69 bits per heavy atom. The van der Waals surface area contributed by atoms with Crippen molar-refractivity contribution in [1.82, 2.24) is 9.55 Å². The number of hydrogen-bond acceptors (Lipinski definition) is 3. The molecule has 160 valence electrons. The van der Waals surface area contributed by atoms with Crippen LogP contribution in [0.1, 0.15) is 35.4 Å². The van der Waals surface area contributed by atoms with E-state index in [1.165, 1.54) is 0 Å². The van der Waals surface area contributed by atoms with Crippen molar-refractivity contribution >= 4 is 22.5 Å². The molecule has 0 spiro atoms. The van der Waals surface area contributed by atoms with E-state index in [2.05, 4.69) is 6.07 Å². The van der Waals surface area contributed by atoms with Crippen molar-refractivity contribution in [3.05, 3.63) is 106 Å². The number of fused-ring (bicyclic) bond motifs is 2. The zero-order valence-electron chi connectivity index (χ0n) is 18.3. The summed E-state index contributed by atoms with van der Waals surface area (Å²) in [5, 5.41) is 0.594. The largest absolute Gasteiger partial charge is 0.312 e. The molecule has 1 aliphatic rings. The van der Waals surface area contributed by atoms with Crippen LogP contribution in [0.2, 0.25) is 0 Å². The highest BCUT2D eigenvalue weighted by Gasteiger charge is 2.37. The van der Waals surface area contributed by atoms with E-state index >= 15 is 0 Å². The lowest BCUT2D eigenvalue weighted by molar-refractivity contribution is -0.119. The van der Waals surface area contributed by atoms with E-state index in [0.717, 1.165) is 22.4 Å². The van der Waals surface area contributed by atoms with Gasteiger partial charge in [-0.15, -0.1) is 0 Å². The summed E-state index contributed by atoms with van der Waals surface area (Å²) in [7, 11) is 0. The molecule has 32 heavy (non-hydrogen) atoms. The van der Waals surface area contributed by atoms with Crippen molar-refractivity contribution in [2.75, 3.05) is 11.4 Å². The maximum Gasteiger partial charge on any atom is 0.261 e. The fourth-order valence-corrected chi connectivity index (χ4v) is 4.64. The van der Waals surface area contributed by atoms with Crippen LogP contribution >= 0.6 is 0 Å². The molecule has 1 aliphatic heterocycles. The molecular formula is C27H25N3O2. The number of amides is 1. The summed E-state index contributed by atoms with van der Waals surface area (Å²) in [5.41, 5.74) is 4.72. The van der Waals surface area contributed by atoms with Crippen LogP contribution in [0.4, 0.5) is 5.69 Å². The molecule has 3 aromatic carbocycles. The third-order valence-electron chi connectivity index (χ3n) is 6.24. The highest BCUT2D eigenvalue weighted by molar-refractivity contribution is 6.05. The summed E-state index contributed by atoms with van der Waals surface area (Å²) in [5.74, 6) is 0.364. The van der Waals surface area contributed by atoms with Gasteiger partial charge in [0.1, 0.15) is 5.82 Å². The maximum atomic E-state index is 13.5. The van der Waals surface area contributed by atoms with Gasteiger partial charge < -0.3 is 4.90 Å². The second-order valence-corrected chi connectivity index (χ2v) is 8.32. The number of aryl methyl sites for hydroxylation is 1. The van der Waals surface area contributed by atoms with E-state index in [-0.39, 0.29) is 17.4 Å². The normalized spacial score (nSPS) is 15.4. The van der Waals surface area contributed by atoms with Gasteiger partial charge in [0.05, 0.1) is 23.4 Å². The first-order valence-corrected chi connectivity index (χ1v) is 11.0. The van der Waals surface area contributed by atoms with Gasteiger partial charge in [0, 0.05) is 18.7 Å². The van der Waals surface area contributed by atoms with E-state index in [1.54, 1.807) is 4.57 Å². The fraction of sp³-hybridized carbons (Fsp3) is 0.222. The topological polar surface area (TPSA) is 55.2 Å².